The van der Waals surface area contributed by atoms with Gasteiger partial charge in [-0.2, -0.15) is 0 Å². The van der Waals surface area contributed by atoms with Gasteiger partial charge in [0.25, 0.3) is 5.91 Å². The Hall–Kier alpha value is -2.04. The van der Waals surface area contributed by atoms with Crippen molar-refractivity contribution in [3.63, 3.8) is 0 Å². The van der Waals surface area contributed by atoms with E-state index >= 15 is 0 Å². The Labute approximate surface area is 79.7 Å². The average molecular weight is 192 g/mol. The Morgan fingerprint density at radius 2 is 1.93 bits per heavy atom. The number of carboxylic acids is 1. The molecule has 1 amide bonds. The first-order valence-corrected chi connectivity index (χ1v) is 4.08. The Kier molecular flexibility index (Phi) is 1.85. The van der Waals surface area contributed by atoms with Crippen molar-refractivity contribution in [2.45, 2.75) is 6.04 Å². The van der Waals surface area contributed by atoms with E-state index in [1.807, 2.05) is 0 Å². The fourth-order valence-electron chi connectivity index (χ4n) is 1.32. The molecule has 5 nitrogen and oxygen atoms in total. The van der Waals surface area contributed by atoms with E-state index in [-0.39, 0.29) is 0 Å². The van der Waals surface area contributed by atoms with Crippen molar-refractivity contribution in [2.75, 3.05) is 10.6 Å². The zero-order chi connectivity index (χ0) is 10.1. The van der Waals surface area contributed by atoms with Crippen LogP contribution >= 0.6 is 0 Å². The molecule has 1 atom stereocenters. The summed E-state index contributed by atoms with van der Waals surface area (Å²) < 4.78 is 0. The minimum atomic E-state index is -1.20. The number of carbonyl (C=O) groups is 2. The molecule has 0 aliphatic carbocycles. The van der Waals surface area contributed by atoms with Crippen molar-refractivity contribution in [3.8, 4) is 0 Å². The first kappa shape index (κ1) is 8.55. The maximum atomic E-state index is 11.2. The third-order valence-corrected chi connectivity index (χ3v) is 1.99. The molecule has 14 heavy (non-hydrogen) atoms. The molecule has 5 heteroatoms. The lowest BCUT2D eigenvalue weighted by Gasteiger charge is -2.23. The Bertz CT molecular complexity index is 403. The molecular weight excluding hydrogens is 184 g/mol. The molecule has 72 valence electrons. The van der Waals surface area contributed by atoms with E-state index in [1.54, 1.807) is 24.3 Å². The van der Waals surface area contributed by atoms with E-state index in [1.165, 1.54) is 0 Å². The van der Waals surface area contributed by atoms with Crippen molar-refractivity contribution < 1.29 is 14.7 Å². The number of amides is 1. The van der Waals surface area contributed by atoms with Crippen LogP contribution in [0.5, 0.6) is 0 Å². The molecular formula is C9H8N2O3. The summed E-state index contributed by atoms with van der Waals surface area (Å²) in [4.78, 5) is 21.9. The molecule has 1 aliphatic rings. The summed E-state index contributed by atoms with van der Waals surface area (Å²) in [6, 6.07) is 5.75. The molecule has 0 spiro atoms. The molecule has 0 aromatic heterocycles. The predicted molar refractivity (Wildman–Crippen MR) is 50.1 cm³/mol. The van der Waals surface area contributed by atoms with E-state index in [4.69, 9.17) is 5.11 Å². The van der Waals surface area contributed by atoms with E-state index in [0.717, 1.165) is 0 Å². The summed E-state index contributed by atoms with van der Waals surface area (Å²) in [5.74, 6) is -1.73. The van der Waals surface area contributed by atoms with Crippen LogP contribution in [-0.2, 0) is 9.59 Å². The normalized spacial score (nSPS) is 19.1. The van der Waals surface area contributed by atoms with E-state index in [0.29, 0.717) is 11.4 Å². The maximum Gasteiger partial charge on any atom is 0.336 e. The molecule has 0 bridgehead atoms. The highest BCUT2D eigenvalue weighted by Gasteiger charge is 2.30. The summed E-state index contributed by atoms with van der Waals surface area (Å²) in [5, 5.41) is 13.9. The van der Waals surface area contributed by atoms with Crippen LogP contribution in [-0.4, -0.2) is 23.0 Å². The molecule has 0 unspecified atom stereocenters. The molecule has 1 aromatic rings. The first-order valence-electron chi connectivity index (χ1n) is 4.08. The van der Waals surface area contributed by atoms with Gasteiger partial charge in [-0.1, -0.05) is 12.1 Å². The van der Waals surface area contributed by atoms with Crippen LogP contribution in [0.1, 0.15) is 0 Å². The number of benzene rings is 1. The van der Waals surface area contributed by atoms with Crippen molar-refractivity contribution in [1.29, 1.82) is 0 Å². The SMILES string of the molecule is O=C(O)[C@H]1Nc2ccccc2NC1=O. The van der Waals surface area contributed by atoms with Crippen molar-refractivity contribution in [1.82, 2.24) is 0 Å². The molecule has 0 radical (unpaired) electrons. The standard InChI is InChI=1S/C9H8N2O3/c12-8-7(9(13)14)10-5-3-1-2-4-6(5)11-8/h1-4,7,10H,(H,11,12)(H,13,14)/t7-/m0/s1. The number of para-hydroxylation sites is 2. The fourth-order valence-corrected chi connectivity index (χ4v) is 1.32. The van der Waals surface area contributed by atoms with Gasteiger partial charge in [0.05, 0.1) is 11.4 Å². The van der Waals surface area contributed by atoms with Gasteiger partial charge in [0, 0.05) is 0 Å². The van der Waals surface area contributed by atoms with Gasteiger partial charge in [0.1, 0.15) is 0 Å². The van der Waals surface area contributed by atoms with Crippen LogP contribution in [0.4, 0.5) is 11.4 Å². The quantitative estimate of drug-likeness (QED) is 0.566. The lowest BCUT2D eigenvalue weighted by molar-refractivity contribution is -0.140. The van der Waals surface area contributed by atoms with Crippen LogP contribution in [0.15, 0.2) is 24.3 Å². The number of rotatable bonds is 1. The molecule has 1 aliphatic heterocycles. The largest absolute Gasteiger partial charge is 0.479 e. The zero-order valence-corrected chi connectivity index (χ0v) is 7.15. The lowest BCUT2D eigenvalue weighted by atomic mass is 10.1. The monoisotopic (exact) mass is 192 g/mol. The van der Waals surface area contributed by atoms with Crippen LogP contribution in [0.3, 0.4) is 0 Å². The minimum absolute atomic E-state index is 0.545. The van der Waals surface area contributed by atoms with Crippen molar-refractivity contribution >= 4 is 23.3 Å². The van der Waals surface area contributed by atoms with Gasteiger partial charge in [-0.3, -0.25) is 4.79 Å². The number of carboxylic acid groups (broad SMARTS) is 1. The molecule has 1 aromatic carbocycles. The van der Waals surface area contributed by atoms with Crippen molar-refractivity contribution in [2.24, 2.45) is 0 Å². The summed E-state index contributed by atoms with van der Waals surface area (Å²) in [7, 11) is 0. The van der Waals surface area contributed by atoms with Gasteiger partial charge in [-0.15, -0.1) is 0 Å². The van der Waals surface area contributed by atoms with Crippen LogP contribution in [0, 0.1) is 0 Å². The van der Waals surface area contributed by atoms with Gasteiger partial charge in [0.2, 0.25) is 6.04 Å². The van der Waals surface area contributed by atoms with Gasteiger partial charge < -0.3 is 15.7 Å². The zero-order valence-electron chi connectivity index (χ0n) is 7.15. The van der Waals surface area contributed by atoms with Gasteiger partial charge in [-0.05, 0) is 12.1 Å². The van der Waals surface area contributed by atoms with Crippen LogP contribution in [0.2, 0.25) is 0 Å². The number of hydrogen-bond donors (Lipinski definition) is 3. The molecule has 1 heterocycles. The Balaban J connectivity index is 2.36. The Morgan fingerprint density at radius 1 is 1.29 bits per heavy atom. The summed E-state index contributed by atoms with van der Waals surface area (Å²) >= 11 is 0. The first-order chi connectivity index (χ1) is 6.68. The average Bonchev–Trinajstić information content (AvgIpc) is 2.16. The second kappa shape index (κ2) is 3.02. The van der Waals surface area contributed by atoms with Crippen molar-refractivity contribution in [3.05, 3.63) is 24.3 Å². The van der Waals surface area contributed by atoms with E-state index in [2.05, 4.69) is 10.6 Å². The molecule has 0 saturated carbocycles. The molecule has 0 fully saturated rings. The fraction of sp³-hybridized carbons (Fsp3) is 0.111. The predicted octanol–water partition coefficient (Wildman–Crippen LogP) is 0.504. The summed E-state index contributed by atoms with van der Waals surface area (Å²) in [6.07, 6.45) is 0. The number of anilines is 2. The topological polar surface area (TPSA) is 78.4 Å². The smallest absolute Gasteiger partial charge is 0.336 e. The van der Waals surface area contributed by atoms with Crippen LogP contribution in [0.25, 0.3) is 0 Å². The highest BCUT2D eigenvalue weighted by Crippen LogP contribution is 2.25. The highest BCUT2D eigenvalue weighted by atomic mass is 16.4. The van der Waals surface area contributed by atoms with Crippen LogP contribution < -0.4 is 10.6 Å². The highest BCUT2D eigenvalue weighted by molar-refractivity contribution is 6.13. The number of nitrogens with one attached hydrogen (secondary N) is 2. The Morgan fingerprint density at radius 3 is 2.57 bits per heavy atom. The number of hydrogen-bond acceptors (Lipinski definition) is 3. The third-order valence-electron chi connectivity index (χ3n) is 1.99. The van der Waals surface area contributed by atoms with Gasteiger partial charge in [-0.25, -0.2) is 4.79 Å². The van der Waals surface area contributed by atoms with Gasteiger partial charge >= 0.3 is 5.97 Å². The van der Waals surface area contributed by atoms with E-state index < -0.39 is 17.9 Å². The maximum absolute atomic E-state index is 11.2. The molecule has 3 N–H and O–H groups in total. The third kappa shape index (κ3) is 1.28. The minimum Gasteiger partial charge on any atom is -0.479 e. The second-order valence-electron chi connectivity index (χ2n) is 2.95. The van der Waals surface area contributed by atoms with Gasteiger partial charge in [0.15, 0.2) is 0 Å². The number of carbonyl (C=O) groups excluding carboxylic acids is 1. The summed E-state index contributed by atoms with van der Waals surface area (Å²) in [5.41, 5.74) is 1.23. The lowest BCUT2D eigenvalue weighted by Crippen LogP contribution is -2.44. The molecule has 2 rings (SSSR count). The number of fused-ring (bicyclic) bond motifs is 1. The number of aliphatic carboxylic acids is 1. The summed E-state index contributed by atoms with van der Waals surface area (Å²) in [6.45, 7) is 0. The van der Waals surface area contributed by atoms with E-state index in [9.17, 15) is 9.59 Å². The molecule has 0 saturated heterocycles. The second-order valence-corrected chi connectivity index (χ2v) is 2.95.